The first-order valence-corrected chi connectivity index (χ1v) is 6.52. The molecule has 0 aliphatic carbocycles. The third-order valence-electron chi connectivity index (χ3n) is 2.37. The molecule has 0 fully saturated rings. The molecule has 0 saturated heterocycles. The molecule has 2 rings (SSSR count). The van der Waals surface area contributed by atoms with E-state index in [1.54, 1.807) is 17.5 Å². The largest absolute Gasteiger partial charge is 0.305 e. The summed E-state index contributed by atoms with van der Waals surface area (Å²) in [5.41, 5.74) is 1.02. The van der Waals surface area contributed by atoms with Gasteiger partial charge in [-0.05, 0) is 19.4 Å². The highest BCUT2D eigenvalue weighted by Crippen LogP contribution is 2.12. The van der Waals surface area contributed by atoms with Crippen molar-refractivity contribution in [2.75, 3.05) is 0 Å². The van der Waals surface area contributed by atoms with Crippen molar-refractivity contribution in [2.45, 2.75) is 33.4 Å². The fourth-order valence-corrected chi connectivity index (χ4v) is 2.33. The van der Waals surface area contributed by atoms with Crippen LogP contribution in [0.1, 0.15) is 28.3 Å². The van der Waals surface area contributed by atoms with E-state index in [4.69, 9.17) is 0 Å². The summed E-state index contributed by atoms with van der Waals surface area (Å²) in [6, 6.07) is 1.93. The minimum absolute atomic E-state index is 0.754. The van der Waals surface area contributed by atoms with Crippen molar-refractivity contribution >= 4 is 11.3 Å². The smallest absolute Gasteiger partial charge is 0.125 e. The quantitative estimate of drug-likeness (QED) is 0.880. The fourth-order valence-electron chi connectivity index (χ4n) is 1.49. The molecule has 2 heterocycles. The second kappa shape index (κ2) is 5.84. The normalized spacial score (nSPS) is 10.7. The Morgan fingerprint density at radius 1 is 1.29 bits per heavy atom. The van der Waals surface area contributed by atoms with Crippen LogP contribution in [0.2, 0.25) is 0 Å². The molecular weight excluding hydrogens is 232 g/mol. The van der Waals surface area contributed by atoms with E-state index < -0.39 is 0 Å². The summed E-state index contributed by atoms with van der Waals surface area (Å²) < 4.78 is 0. The summed E-state index contributed by atoms with van der Waals surface area (Å²) in [6.07, 6.45) is 4.80. The molecule has 0 bridgehead atoms. The maximum absolute atomic E-state index is 4.36. The third kappa shape index (κ3) is 3.57. The Morgan fingerprint density at radius 2 is 2.18 bits per heavy atom. The van der Waals surface area contributed by atoms with Crippen molar-refractivity contribution in [1.82, 2.24) is 20.3 Å². The molecule has 1 N–H and O–H groups in total. The number of nitrogens with zero attached hydrogens (tertiary/aromatic N) is 3. The van der Waals surface area contributed by atoms with E-state index in [0.717, 1.165) is 36.0 Å². The minimum Gasteiger partial charge on any atom is -0.305 e. The van der Waals surface area contributed by atoms with Crippen LogP contribution in [-0.4, -0.2) is 15.0 Å². The van der Waals surface area contributed by atoms with Crippen molar-refractivity contribution in [3.8, 4) is 0 Å². The zero-order valence-electron chi connectivity index (χ0n) is 10.1. The molecule has 90 valence electrons. The number of nitrogens with one attached hydrogen (secondary N) is 1. The van der Waals surface area contributed by atoms with Crippen molar-refractivity contribution in [1.29, 1.82) is 0 Å². The lowest BCUT2D eigenvalue weighted by Gasteiger charge is -2.02. The van der Waals surface area contributed by atoms with E-state index in [9.17, 15) is 0 Å². The highest BCUT2D eigenvalue weighted by atomic mass is 32.1. The summed E-state index contributed by atoms with van der Waals surface area (Å²) in [4.78, 5) is 14.1. The van der Waals surface area contributed by atoms with Gasteiger partial charge in [-0.25, -0.2) is 15.0 Å². The second-order valence-electron chi connectivity index (χ2n) is 3.77. The predicted molar refractivity (Wildman–Crippen MR) is 68.8 cm³/mol. The van der Waals surface area contributed by atoms with Crippen LogP contribution < -0.4 is 5.32 Å². The van der Waals surface area contributed by atoms with Crippen molar-refractivity contribution in [3.05, 3.63) is 39.9 Å². The van der Waals surface area contributed by atoms with Gasteiger partial charge in [-0.1, -0.05) is 6.92 Å². The summed E-state index contributed by atoms with van der Waals surface area (Å²) in [6.45, 7) is 5.60. The summed E-state index contributed by atoms with van der Waals surface area (Å²) in [5, 5.41) is 4.47. The van der Waals surface area contributed by atoms with Crippen LogP contribution in [0.25, 0.3) is 0 Å². The van der Waals surface area contributed by atoms with Crippen LogP contribution >= 0.6 is 11.3 Å². The molecule has 0 aromatic carbocycles. The molecule has 0 atom stereocenters. The van der Waals surface area contributed by atoms with Gasteiger partial charge >= 0.3 is 0 Å². The van der Waals surface area contributed by atoms with Gasteiger partial charge in [0.15, 0.2) is 0 Å². The monoisotopic (exact) mass is 248 g/mol. The molecule has 2 aromatic rings. The Labute approximate surface area is 105 Å². The zero-order chi connectivity index (χ0) is 12.1. The molecular formula is C12H16N4S. The molecule has 2 aromatic heterocycles. The maximum Gasteiger partial charge on any atom is 0.125 e. The fraction of sp³-hybridized carbons (Fsp3) is 0.417. The van der Waals surface area contributed by atoms with E-state index in [0.29, 0.717) is 0 Å². The Kier molecular flexibility index (Phi) is 4.17. The predicted octanol–water partition coefficient (Wildman–Crippen LogP) is 2.09. The van der Waals surface area contributed by atoms with Crippen LogP contribution in [0.3, 0.4) is 0 Å². The van der Waals surface area contributed by atoms with Crippen molar-refractivity contribution in [2.24, 2.45) is 0 Å². The van der Waals surface area contributed by atoms with E-state index >= 15 is 0 Å². The molecule has 0 radical (unpaired) electrons. The van der Waals surface area contributed by atoms with Gasteiger partial charge < -0.3 is 5.32 Å². The minimum atomic E-state index is 0.754. The number of aromatic nitrogens is 3. The van der Waals surface area contributed by atoms with Crippen LogP contribution in [0.5, 0.6) is 0 Å². The van der Waals surface area contributed by atoms with Crippen LogP contribution in [0.4, 0.5) is 0 Å². The lowest BCUT2D eigenvalue weighted by Crippen LogP contribution is -2.13. The molecule has 0 spiro atoms. The van der Waals surface area contributed by atoms with Gasteiger partial charge in [0.1, 0.15) is 10.8 Å². The summed E-state index contributed by atoms with van der Waals surface area (Å²) in [5.74, 6) is 0.812. The average molecular weight is 248 g/mol. The Morgan fingerprint density at radius 3 is 2.88 bits per heavy atom. The number of rotatable bonds is 5. The topological polar surface area (TPSA) is 50.7 Å². The standard InChI is InChI=1S/C12H16N4S/c1-3-11-7-15-12(17-11)8-13-6-10-4-5-14-9(2)16-10/h4-5,7,13H,3,6,8H2,1-2H3. The maximum atomic E-state index is 4.36. The summed E-state index contributed by atoms with van der Waals surface area (Å²) >= 11 is 1.76. The number of hydrogen-bond donors (Lipinski definition) is 1. The Balaban J connectivity index is 1.83. The lowest BCUT2D eigenvalue weighted by molar-refractivity contribution is 0.672. The van der Waals surface area contributed by atoms with Crippen molar-refractivity contribution in [3.63, 3.8) is 0 Å². The van der Waals surface area contributed by atoms with Gasteiger partial charge in [0.05, 0.1) is 5.69 Å². The number of aryl methyl sites for hydroxylation is 2. The third-order valence-corrected chi connectivity index (χ3v) is 3.51. The van der Waals surface area contributed by atoms with Gasteiger partial charge in [-0.2, -0.15) is 0 Å². The number of thiazole rings is 1. The van der Waals surface area contributed by atoms with Crippen LogP contribution in [-0.2, 0) is 19.5 Å². The molecule has 4 nitrogen and oxygen atoms in total. The van der Waals surface area contributed by atoms with E-state index in [2.05, 4.69) is 27.2 Å². The lowest BCUT2D eigenvalue weighted by atomic mass is 10.4. The first-order chi connectivity index (χ1) is 8.28. The molecule has 0 aliphatic rings. The molecule has 0 unspecified atom stereocenters. The van der Waals surface area contributed by atoms with Crippen LogP contribution in [0.15, 0.2) is 18.5 Å². The first-order valence-electron chi connectivity index (χ1n) is 5.70. The highest BCUT2D eigenvalue weighted by molar-refractivity contribution is 7.11. The van der Waals surface area contributed by atoms with Crippen LogP contribution in [0, 0.1) is 6.92 Å². The van der Waals surface area contributed by atoms with Crippen molar-refractivity contribution < 1.29 is 0 Å². The van der Waals surface area contributed by atoms with Gasteiger partial charge in [-0.15, -0.1) is 11.3 Å². The summed E-state index contributed by atoms with van der Waals surface area (Å²) in [7, 11) is 0. The zero-order valence-corrected chi connectivity index (χ0v) is 10.9. The molecule has 17 heavy (non-hydrogen) atoms. The SMILES string of the molecule is CCc1cnc(CNCc2ccnc(C)n2)s1. The van der Waals surface area contributed by atoms with Gasteiger partial charge in [0.2, 0.25) is 0 Å². The Hall–Kier alpha value is -1.33. The van der Waals surface area contributed by atoms with E-state index in [1.807, 2.05) is 19.2 Å². The number of hydrogen-bond acceptors (Lipinski definition) is 5. The van der Waals surface area contributed by atoms with Gasteiger partial charge in [0, 0.05) is 30.4 Å². The molecule has 5 heteroatoms. The van der Waals surface area contributed by atoms with Gasteiger partial charge in [-0.3, -0.25) is 0 Å². The second-order valence-corrected chi connectivity index (χ2v) is 4.97. The average Bonchev–Trinajstić information content (AvgIpc) is 2.77. The van der Waals surface area contributed by atoms with E-state index in [-0.39, 0.29) is 0 Å². The molecule has 0 amide bonds. The van der Waals surface area contributed by atoms with Gasteiger partial charge in [0.25, 0.3) is 0 Å². The first kappa shape index (κ1) is 12.1. The molecule has 0 saturated carbocycles. The van der Waals surface area contributed by atoms with E-state index in [1.165, 1.54) is 4.88 Å². The molecule has 0 aliphatic heterocycles. The highest BCUT2D eigenvalue weighted by Gasteiger charge is 2.00. The Bertz CT molecular complexity index is 481.